The van der Waals surface area contributed by atoms with Crippen molar-refractivity contribution < 1.29 is 9.50 Å². The smallest absolute Gasteiger partial charge is 0.230 e. The number of aliphatic hydroxyl groups is 1. The lowest BCUT2D eigenvalue weighted by Gasteiger charge is -2.25. The Hall–Kier alpha value is -2.98. The largest absolute Gasteiger partial charge is 0.389 e. The molecule has 168 valence electrons. The highest BCUT2D eigenvalue weighted by Gasteiger charge is 2.29. The van der Waals surface area contributed by atoms with E-state index in [4.69, 9.17) is 16.6 Å². The highest BCUT2D eigenvalue weighted by molar-refractivity contribution is 6.31. The first-order chi connectivity index (χ1) is 15.2. The average Bonchev–Trinajstić information content (AvgIpc) is 3.33. The number of fused-ring (bicyclic) bond motifs is 2. The monoisotopic (exact) mass is 458 g/mol. The summed E-state index contributed by atoms with van der Waals surface area (Å²) in [6.07, 6.45) is 4.08. The van der Waals surface area contributed by atoms with Crippen molar-refractivity contribution in [2.24, 2.45) is 0 Å². The zero-order chi connectivity index (χ0) is 22.6. The quantitative estimate of drug-likeness (QED) is 0.389. The van der Waals surface area contributed by atoms with Crippen LogP contribution in [0.2, 0.25) is 5.02 Å². The van der Waals surface area contributed by atoms with Crippen molar-refractivity contribution in [2.75, 3.05) is 23.8 Å². The van der Waals surface area contributed by atoms with E-state index in [0.717, 1.165) is 24.1 Å². The number of hydrogen-bond donors (Lipinski definition) is 3. The van der Waals surface area contributed by atoms with Gasteiger partial charge in [0.25, 0.3) is 0 Å². The summed E-state index contributed by atoms with van der Waals surface area (Å²) in [6, 6.07) is 3.19. The number of nitrogens with one attached hydrogen (secondary N) is 2. The number of benzene rings is 1. The molecule has 3 heterocycles. The Morgan fingerprint density at radius 1 is 1.31 bits per heavy atom. The molecule has 0 unspecified atom stereocenters. The summed E-state index contributed by atoms with van der Waals surface area (Å²) >= 11 is 5.87. The summed E-state index contributed by atoms with van der Waals surface area (Å²) in [5.41, 5.74) is 1.69. The third-order valence-electron chi connectivity index (χ3n) is 5.37. The van der Waals surface area contributed by atoms with Gasteiger partial charge < -0.3 is 20.3 Å². The van der Waals surface area contributed by atoms with Crippen LogP contribution in [0.25, 0.3) is 16.7 Å². The van der Waals surface area contributed by atoms with Gasteiger partial charge in [0.2, 0.25) is 11.9 Å². The van der Waals surface area contributed by atoms with E-state index in [0.29, 0.717) is 35.7 Å². The van der Waals surface area contributed by atoms with Gasteiger partial charge in [-0.2, -0.15) is 19.6 Å². The van der Waals surface area contributed by atoms with Crippen molar-refractivity contribution in [1.29, 1.82) is 0 Å². The number of rotatable bonds is 7. The first-order valence-electron chi connectivity index (χ1n) is 10.5. The van der Waals surface area contributed by atoms with Gasteiger partial charge in [0.05, 0.1) is 28.9 Å². The van der Waals surface area contributed by atoms with Gasteiger partial charge in [0.1, 0.15) is 11.3 Å². The van der Waals surface area contributed by atoms with E-state index in [2.05, 4.69) is 25.4 Å². The molecular formula is C21H24ClFN8O. The molecule has 1 saturated carbocycles. The lowest BCUT2D eigenvalue weighted by atomic mass is 10.1. The maximum absolute atomic E-state index is 14.2. The van der Waals surface area contributed by atoms with Gasteiger partial charge >= 0.3 is 0 Å². The van der Waals surface area contributed by atoms with Crippen LogP contribution in [0.15, 0.2) is 18.3 Å². The molecule has 3 aromatic heterocycles. The third-order valence-corrected chi connectivity index (χ3v) is 5.67. The summed E-state index contributed by atoms with van der Waals surface area (Å²) in [5.74, 6) is 1.41. The van der Waals surface area contributed by atoms with E-state index in [-0.39, 0.29) is 17.1 Å². The number of H-pyrrole nitrogens is 1. The molecule has 0 spiro atoms. The zero-order valence-electron chi connectivity index (χ0n) is 18.0. The first kappa shape index (κ1) is 20.9. The van der Waals surface area contributed by atoms with Crippen molar-refractivity contribution in [2.45, 2.75) is 44.8 Å². The molecule has 1 aliphatic carbocycles. The minimum absolute atomic E-state index is 0.0321. The normalized spacial score (nSPS) is 14.4. The predicted molar refractivity (Wildman–Crippen MR) is 121 cm³/mol. The van der Waals surface area contributed by atoms with Gasteiger partial charge in [-0.3, -0.25) is 0 Å². The molecule has 32 heavy (non-hydrogen) atoms. The number of aromatic nitrogens is 6. The SMILES string of the molecule is CN(CC(C)(C)O)c1nc(NCc2nc3c(F)c(Cl)ccc3[nH]2)n2ncc(C3CC3)c2n1. The van der Waals surface area contributed by atoms with Gasteiger partial charge in [-0.15, -0.1) is 0 Å². The van der Waals surface area contributed by atoms with E-state index in [1.807, 2.05) is 18.1 Å². The summed E-state index contributed by atoms with van der Waals surface area (Å²) in [7, 11) is 1.84. The molecule has 0 amide bonds. The summed E-state index contributed by atoms with van der Waals surface area (Å²) < 4.78 is 15.9. The Balaban J connectivity index is 1.49. The number of aromatic amines is 1. The van der Waals surface area contributed by atoms with E-state index < -0.39 is 11.4 Å². The van der Waals surface area contributed by atoms with Gasteiger partial charge in [-0.1, -0.05) is 11.6 Å². The molecule has 9 nitrogen and oxygen atoms in total. The number of nitrogens with zero attached hydrogens (tertiary/aromatic N) is 6. The highest BCUT2D eigenvalue weighted by Crippen LogP contribution is 2.42. The van der Waals surface area contributed by atoms with E-state index >= 15 is 0 Å². The van der Waals surface area contributed by atoms with Crippen LogP contribution in [0, 0.1) is 5.82 Å². The molecule has 1 aliphatic rings. The highest BCUT2D eigenvalue weighted by atomic mass is 35.5. The van der Waals surface area contributed by atoms with Gasteiger partial charge in [0.15, 0.2) is 11.5 Å². The Bertz CT molecular complexity index is 1310. The number of hydrogen-bond acceptors (Lipinski definition) is 7. The van der Waals surface area contributed by atoms with Crippen LogP contribution in [0.4, 0.5) is 16.3 Å². The van der Waals surface area contributed by atoms with Crippen molar-refractivity contribution >= 4 is 40.2 Å². The lowest BCUT2D eigenvalue weighted by Crippen LogP contribution is -2.37. The third kappa shape index (κ3) is 3.95. The van der Waals surface area contributed by atoms with Crippen LogP contribution in [0.5, 0.6) is 0 Å². The van der Waals surface area contributed by atoms with Crippen molar-refractivity contribution in [3.63, 3.8) is 0 Å². The molecule has 1 fully saturated rings. The van der Waals surface area contributed by atoms with Gasteiger partial charge in [-0.25, -0.2) is 9.37 Å². The molecule has 3 N–H and O–H groups in total. The van der Waals surface area contributed by atoms with Crippen molar-refractivity contribution in [1.82, 2.24) is 29.5 Å². The Labute approximate surface area is 188 Å². The maximum atomic E-state index is 14.2. The Morgan fingerprint density at radius 3 is 2.81 bits per heavy atom. The van der Waals surface area contributed by atoms with Crippen LogP contribution in [0.3, 0.4) is 0 Å². The zero-order valence-corrected chi connectivity index (χ0v) is 18.8. The van der Waals surface area contributed by atoms with Crippen LogP contribution in [0.1, 0.15) is 44.0 Å². The summed E-state index contributed by atoms with van der Waals surface area (Å²) in [6.45, 7) is 4.11. The molecule has 0 radical (unpaired) electrons. The second kappa shape index (κ2) is 7.56. The maximum Gasteiger partial charge on any atom is 0.230 e. The fourth-order valence-electron chi connectivity index (χ4n) is 3.82. The topological polar surface area (TPSA) is 107 Å². The number of likely N-dealkylation sites (N-methyl/N-ethyl adjacent to an activating group) is 1. The van der Waals surface area contributed by atoms with Crippen LogP contribution in [-0.2, 0) is 6.54 Å². The lowest BCUT2D eigenvalue weighted by molar-refractivity contribution is 0.0883. The molecule has 0 saturated heterocycles. The number of anilines is 2. The fourth-order valence-corrected chi connectivity index (χ4v) is 3.97. The molecule has 4 aromatic rings. The molecule has 0 bridgehead atoms. The average molecular weight is 459 g/mol. The van der Waals surface area contributed by atoms with Crippen molar-refractivity contribution in [3.8, 4) is 0 Å². The fraction of sp³-hybridized carbons (Fsp3) is 0.429. The standard InChI is InChI=1S/C21H24ClFN8O/c1-21(2,32)10-30(3)20-28-18-12(11-4-5-11)8-25-31(18)19(29-20)24-9-15-26-14-7-6-13(22)16(23)17(14)27-15/h6-8,11,32H,4-5,9-10H2,1-3H3,(H,26,27)(H,24,28,29). The predicted octanol–water partition coefficient (Wildman–Crippen LogP) is 3.49. The second-order valence-electron chi connectivity index (χ2n) is 8.92. The van der Waals surface area contributed by atoms with Crippen LogP contribution in [-0.4, -0.2) is 53.9 Å². The molecule has 0 aliphatic heterocycles. The molecule has 5 rings (SSSR count). The van der Waals surface area contributed by atoms with E-state index in [9.17, 15) is 9.50 Å². The van der Waals surface area contributed by atoms with Gasteiger partial charge in [-0.05, 0) is 44.7 Å². The van der Waals surface area contributed by atoms with Gasteiger partial charge in [0, 0.05) is 19.2 Å². The number of halogens is 2. The number of imidazole rings is 1. The second-order valence-corrected chi connectivity index (χ2v) is 9.33. The molecule has 0 atom stereocenters. The first-order valence-corrected chi connectivity index (χ1v) is 10.8. The van der Waals surface area contributed by atoms with Crippen LogP contribution < -0.4 is 10.2 Å². The Kier molecular flexibility index (Phi) is 4.94. The minimum Gasteiger partial charge on any atom is -0.389 e. The van der Waals surface area contributed by atoms with E-state index in [1.165, 1.54) is 6.07 Å². The summed E-state index contributed by atoms with van der Waals surface area (Å²) in [4.78, 5) is 18.6. The van der Waals surface area contributed by atoms with Crippen LogP contribution >= 0.6 is 11.6 Å². The molecular weight excluding hydrogens is 435 g/mol. The summed E-state index contributed by atoms with van der Waals surface area (Å²) in [5, 5.41) is 18.0. The Morgan fingerprint density at radius 2 is 2.09 bits per heavy atom. The minimum atomic E-state index is -0.906. The van der Waals surface area contributed by atoms with Crippen molar-refractivity contribution in [3.05, 3.63) is 40.6 Å². The van der Waals surface area contributed by atoms with E-state index in [1.54, 1.807) is 24.4 Å². The molecule has 1 aromatic carbocycles. The molecule has 11 heteroatoms.